The van der Waals surface area contributed by atoms with E-state index in [1.165, 1.54) is 4.90 Å². The van der Waals surface area contributed by atoms with Gasteiger partial charge in [-0.1, -0.05) is 13.8 Å². The standard InChI is InChI=1S/C15H23N4O2.W/c1-7-18(6)13(20)10-8-15(2,3)11-9-16-12(17(4)5)14(21)19(10)11;/h7,9-10H,8H2,1-6H3;/q-1;. The molecule has 0 aromatic carbocycles. The first-order valence-corrected chi connectivity index (χ1v) is 7.06. The van der Waals surface area contributed by atoms with Crippen molar-refractivity contribution in [3.8, 4) is 0 Å². The molecule has 1 aromatic heterocycles. The molecule has 2 rings (SSSR count). The van der Waals surface area contributed by atoms with Crippen LogP contribution in [0.25, 0.3) is 0 Å². The molecule has 0 bridgehead atoms. The number of aromatic nitrogens is 2. The van der Waals surface area contributed by atoms with E-state index in [1.54, 1.807) is 50.3 Å². The van der Waals surface area contributed by atoms with Crippen LogP contribution < -0.4 is 10.5 Å². The Bertz CT molecular complexity index is 624. The van der Waals surface area contributed by atoms with Crippen molar-refractivity contribution in [2.75, 3.05) is 26.0 Å². The summed E-state index contributed by atoms with van der Waals surface area (Å²) < 4.78 is 1.62. The van der Waals surface area contributed by atoms with E-state index in [-0.39, 0.29) is 37.9 Å². The molecule has 122 valence electrons. The summed E-state index contributed by atoms with van der Waals surface area (Å²) in [5.41, 5.74) is 0.373. The van der Waals surface area contributed by atoms with Gasteiger partial charge in [-0.2, -0.15) is 6.92 Å². The normalized spacial score (nSPS) is 18.4. The number of carbonyl (C=O) groups is 1. The van der Waals surface area contributed by atoms with Crippen molar-refractivity contribution in [2.45, 2.75) is 38.6 Å². The van der Waals surface area contributed by atoms with Crippen molar-refractivity contribution in [1.29, 1.82) is 0 Å². The van der Waals surface area contributed by atoms with Crippen LogP contribution in [-0.4, -0.2) is 41.5 Å². The van der Waals surface area contributed by atoms with Gasteiger partial charge < -0.3 is 9.80 Å². The number of fused-ring (bicyclic) bond motifs is 1. The van der Waals surface area contributed by atoms with Gasteiger partial charge in [0.15, 0.2) is 5.82 Å². The van der Waals surface area contributed by atoms with E-state index in [0.29, 0.717) is 12.2 Å². The molecular formula is C15H23N4O2W-. The molecule has 7 heteroatoms. The number of amides is 1. The molecule has 6 nitrogen and oxygen atoms in total. The molecule has 22 heavy (non-hydrogen) atoms. The van der Waals surface area contributed by atoms with Crippen LogP contribution in [0.2, 0.25) is 0 Å². The number of hydrogen-bond acceptors (Lipinski definition) is 4. The Kier molecular flexibility index (Phi) is 5.60. The summed E-state index contributed by atoms with van der Waals surface area (Å²) in [4.78, 5) is 32.7. The summed E-state index contributed by atoms with van der Waals surface area (Å²) in [5.74, 6) is 0.291. The number of carbonyl (C=O) groups excluding carboxylic acids is 1. The molecule has 0 N–H and O–H groups in total. The molecule has 0 saturated heterocycles. The molecule has 0 spiro atoms. The smallest absolute Gasteiger partial charge is 0.294 e. The third kappa shape index (κ3) is 2.98. The Hall–Kier alpha value is -1.16. The topological polar surface area (TPSA) is 58.4 Å². The van der Waals surface area contributed by atoms with Crippen molar-refractivity contribution in [3.05, 3.63) is 28.8 Å². The van der Waals surface area contributed by atoms with Gasteiger partial charge in [0.25, 0.3) is 5.56 Å². The molecule has 1 atom stereocenters. The summed E-state index contributed by atoms with van der Waals surface area (Å²) in [6.07, 6.45) is 2.33. The van der Waals surface area contributed by atoms with Crippen LogP contribution in [-0.2, 0) is 31.3 Å². The number of hydrogen-bond donors (Lipinski definition) is 0. The first kappa shape index (κ1) is 18.9. The van der Waals surface area contributed by atoms with Gasteiger partial charge in [-0.15, -0.1) is 0 Å². The Labute approximate surface area is 145 Å². The van der Waals surface area contributed by atoms with Gasteiger partial charge in [0.05, 0.1) is 0 Å². The summed E-state index contributed by atoms with van der Waals surface area (Å²) >= 11 is 0. The van der Waals surface area contributed by atoms with E-state index >= 15 is 0 Å². The molecule has 1 amide bonds. The van der Waals surface area contributed by atoms with Crippen LogP contribution >= 0.6 is 0 Å². The van der Waals surface area contributed by atoms with Gasteiger partial charge >= 0.3 is 0 Å². The second-order valence-electron chi connectivity index (χ2n) is 6.35. The largest absolute Gasteiger partial charge is 0.494 e. The molecule has 0 aliphatic carbocycles. The maximum Gasteiger partial charge on any atom is 0.294 e. The van der Waals surface area contributed by atoms with Crippen LogP contribution in [0.1, 0.15) is 38.9 Å². The predicted octanol–water partition coefficient (Wildman–Crippen LogP) is 1.17. The SMILES string of the molecule is C[CH-]N(C)C(=O)C1CC(C)(C)c2cnc(N(C)C)c(=O)n21.[W]. The summed E-state index contributed by atoms with van der Waals surface area (Å²) in [7, 11) is 5.27. The van der Waals surface area contributed by atoms with E-state index in [0.717, 1.165) is 5.69 Å². The zero-order chi connectivity index (χ0) is 15.9. The first-order chi connectivity index (χ1) is 9.70. The minimum absolute atomic E-state index is 0. The van der Waals surface area contributed by atoms with Gasteiger partial charge in [-0.05, 0) is 13.5 Å². The number of likely N-dealkylation sites (N-methyl/N-ethyl adjacent to an activating group) is 1. The second-order valence-corrected chi connectivity index (χ2v) is 6.35. The maximum atomic E-state index is 12.7. The van der Waals surface area contributed by atoms with Crippen LogP contribution in [0, 0.1) is 6.54 Å². The van der Waals surface area contributed by atoms with Crippen LogP contribution in [0.3, 0.4) is 0 Å². The predicted molar refractivity (Wildman–Crippen MR) is 82.2 cm³/mol. The van der Waals surface area contributed by atoms with Crippen molar-refractivity contribution in [3.63, 3.8) is 0 Å². The van der Waals surface area contributed by atoms with Crippen LogP contribution in [0.15, 0.2) is 11.0 Å². The zero-order valence-corrected chi connectivity index (χ0v) is 16.9. The molecule has 0 saturated carbocycles. The third-order valence-corrected chi connectivity index (χ3v) is 4.13. The van der Waals surface area contributed by atoms with Crippen molar-refractivity contribution >= 4 is 11.7 Å². The quantitative estimate of drug-likeness (QED) is 0.617. The van der Waals surface area contributed by atoms with E-state index < -0.39 is 6.04 Å². The van der Waals surface area contributed by atoms with Crippen LogP contribution in [0.5, 0.6) is 0 Å². The number of rotatable bonds is 3. The molecule has 1 aliphatic rings. The summed E-state index contributed by atoms with van der Waals surface area (Å²) in [6.45, 7) is 7.60. The minimum Gasteiger partial charge on any atom is -0.494 e. The van der Waals surface area contributed by atoms with Gasteiger partial charge in [-0.25, -0.2) is 11.5 Å². The van der Waals surface area contributed by atoms with E-state index in [1.807, 2.05) is 13.8 Å². The minimum atomic E-state index is -0.467. The molecule has 0 radical (unpaired) electrons. The average Bonchev–Trinajstić information content (AvgIpc) is 2.69. The third-order valence-electron chi connectivity index (χ3n) is 4.13. The Balaban J connectivity index is 0.00000242. The van der Waals surface area contributed by atoms with Crippen molar-refractivity contribution in [2.24, 2.45) is 0 Å². The summed E-state index contributed by atoms with van der Waals surface area (Å²) in [6, 6.07) is -0.467. The average molecular weight is 475 g/mol. The first-order valence-electron chi connectivity index (χ1n) is 7.06. The van der Waals surface area contributed by atoms with E-state index in [4.69, 9.17) is 0 Å². The fourth-order valence-corrected chi connectivity index (χ4v) is 2.81. The second kappa shape index (κ2) is 6.53. The van der Waals surface area contributed by atoms with Crippen LogP contribution in [0.4, 0.5) is 5.82 Å². The molecule has 1 unspecified atom stereocenters. The Morgan fingerprint density at radius 1 is 1.41 bits per heavy atom. The molecule has 2 heterocycles. The Morgan fingerprint density at radius 2 is 2.00 bits per heavy atom. The fraction of sp³-hybridized carbons (Fsp3) is 0.600. The number of nitrogens with zero attached hydrogens (tertiary/aromatic N) is 4. The zero-order valence-electron chi connectivity index (χ0n) is 14.0. The van der Waals surface area contributed by atoms with E-state index in [2.05, 4.69) is 4.98 Å². The molecule has 1 aliphatic heterocycles. The summed E-state index contributed by atoms with van der Waals surface area (Å²) in [5, 5.41) is 0. The molecular weight excluding hydrogens is 452 g/mol. The monoisotopic (exact) mass is 475 g/mol. The molecule has 1 aromatic rings. The van der Waals surface area contributed by atoms with Gasteiger partial charge in [0.2, 0.25) is 5.91 Å². The van der Waals surface area contributed by atoms with Gasteiger partial charge in [0, 0.05) is 52.5 Å². The van der Waals surface area contributed by atoms with Crippen molar-refractivity contribution in [1.82, 2.24) is 14.5 Å². The Morgan fingerprint density at radius 3 is 2.50 bits per heavy atom. The molecule has 0 fully saturated rings. The van der Waals surface area contributed by atoms with Gasteiger partial charge in [0.1, 0.15) is 6.04 Å². The fourth-order valence-electron chi connectivity index (χ4n) is 2.81. The van der Waals surface area contributed by atoms with E-state index in [9.17, 15) is 9.59 Å². The number of anilines is 1. The maximum absolute atomic E-state index is 12.7. The van der Waals surface area contributed by atoms with Gasteiger partial charge in [-0.3, -0.25) is 14.2 Å². The van der Waals surface area contributed by atoms with Crippen molar-refractivity contribution < 1.29 is 25.9 Å².